The molecule has 1 aliphatic rings. The van der Waals surface area contributed by atoms with E-state index in [2.05, 4.69) is 13.5 Å². The Morgan fingerprint density at radius 1 is 1.47 bits per heavy atom. The van der Waals surface area contributed by atoms with E-state index in [4.69, 9.17) is 0 Å². The minimum atomic E-state index is -0.843. The summed E-state index contributed by atoms with van der Waals surface area (Å²) in [5.41, 5.74) is 1.31. The van der Waals surface area contributed by atoms with E-state index in [1.54, 1.807) is 13.0 Å². The maximum atomic E-state index is 11.9. The highest BCUT2D eigenvalue weighted by molar-refractivity contribution is 5.88. The lowest BCUT2D eigenvalue weighted by atomic mass is 9.69. The van der Waals surface area contributed by atoms with Crippen LogP contribution < -0.4 is 0 Å². The van der Waals surface area contributed by atoms with Crippen LogP contribution in [0.5, 0.6) is 0 Å². The minimum Gasteiger partial charge on any atom is -0.386 e. The summed E-state index contributed by atoms with van der Waals surface area (Å²) in [6, 6.07) is 0. The third-order valence-corrected chi connectivity index (χ3v) is 4.01. The lowest BCUT2D eigenvalue weighted by Gasteiger charge is -2.34. The lowest BCUT2D eigenvalue weighted by molar-refractivity contribution is -0.126. The SMILES string of the molecule is C=C[C@@](C)(O)CCC1=C(C)CCC(=O)C1(C)C. The second kappa shape index (κ2) is 4.77. The summed E-state index contributed by atoms with van der Waals surface area (Å²) < 4.78 is 0. The van der Waals surface area contributed by atoms with Crippen LogP contribution in [0.15, 0.2) is 23.8 Å². The van der Waals surface area contributed by atoms with Crippen LogP contribution in [0, 0.1) is 5.41 Å². The van der Waals surface area contributed by atoms with Crippen molar-refractivity contribution in [1.29, 1.82) is 0 Å². The predicted molar refractivity (Wildman–Crippen MR) is 70.8 cm³/mol. The van der Waals surface area contributed by atoms with Crippen molar-refractivity contribution in [3.05, 3.63) is 23.8 Å². The van der Waals surface area contributed by atoms with Crippen molar-refractivity contribution in [2.24, 2.45) is 5.41 Å². The zero-order valence-electron chi connectivity index (χ0n) is 11.5. The molecule has 0 bridgehead atoms. The van der Waals surface area contributed by atoms with Crippen molar-refractivity contribution in [2.45, 2.75) is 59.0 Å². The first kappa shape index (κ1) is 14.2. The first-order valence-electron chi connectivity index (χ1n) is 6.29. The van der Waals surface area contributed by atoms with Crippen molar-refractivity contribution in [3.63, 3.8) is 0 Å². The summed E-state index contributed by atoms with van der Waals surface area (Å²) >= 11 is 0. The summed E-state index contributed by atoms with van der Waals surface area (Å²) in [7, 11) is 0. The molecule has 0 radical (unpaired) electrons. The van der Waals surface area contributed by atoms with Crippen LogP contribution in [0.3, 0.4) is 0 Å². The summed E-state index contributed by atoms with van der Waals surface area (Å²) in [6.07, 6.45) is 4.48. The molecule has 0 spiro atoms. The Morgan fingerprint density at radius 2 is 2.06 bits per heavy atom. The fourth-order valence-corrected chi connectivity index (χ4v) is 2.47. The molecule has 0 amide bonds. The molecule has 0 aliphatic heterocycles. The molecule has 0 aromatic rings. The van der Waals surface area contributed by atoms with E-state index in [0.717, 1.165) is 12.8 Å². The maximum absolute atomic E-state index is 11.9. The van der Waals surface area contributed by atoms with Gasteiger partial charge >= 0.3 is 0 Å². The van der Waals surface area contributed by atoms with Gasteiger partial charge < -0.3 is 5.11 Å². The Labute approximate surface area is 104 Å². The van der Waals surface area contributed by atoms with Gasteiger partial charge in [0.15, 0.2) is 0 Å². The maximum Gasteiger partial charge on any atom is 0.142 e. The van der Waals surface area contributed by atoms with E-state index >= 15 is 0 Å². The number of ketones is 1. The number of aliphatic hydroxyl groups is 1. The summed E-state index contributed by atoms with van der Waals surface area (Å²) in [6.45, 7) is 11.5. The second-order valence-corrected chi connectivity index (χ2v) is 5.87. The van der Waals surface area contributed by atoms with Crippen LogP contribution in [0.1, 0.15) is 53.4 Å². The number of Topliss-reactive ketones (excluding diaryl/α,β-unsaturated/α-hetero) is 1. The van der Waals surface area contributed by atoms with Gasteiger partial charge in [-0.15, -0.1) is 6.58 Å². The van der Waals surface area contributed by atoms with Gasteiger partial charge in [0.05, 0.1) is 5.60 Å². The quantitative estimate of drug-likeness (QED) is 0.759. The van der Waals surface area contributed by atoms with Gasteiger partial charge in [0.25, 0.3) is 0 Å². The van der Waals surface area contributed by atoms with Gasteiger partial charge in [0.1, 0.15) is 5.78 Å². The monoisotopic (exact) mass is 236 g/mol. The molecule has 1 atom stereocenters. The van der Waals surface area contributed by atoms with Gasteiger partial charge in [-0.2, -0.15) is 0 Å². The molecule has 1 rings (SSSR count). The zero-order valence-corrected chi connectivity index (χ0v) is 11.5. The molecule has 0 fully saturated rings. The Kier molecular flexibility index (Phi) is 3.98. The molecule has 0 aromatic heterocycles. The first-order chi connectivity index (χ1) is 7.70. The first-order valence-corrected chi connectivity index (χ1v) is 6.29. The van der Waals surface area contributed by atoms with Gasteiger partial charge in [-0.3, -0.25) is 4.79 Å². The summed E-state index contributed by atoms with van der Waals surface area (Å²) in [5.74, 6) is 0.316. The molecule has 0 heterocycles. The van der Waals surface area contributed by atoms with Gasteiger partial charge in [0.2, 0.25) is 0 Å². The van der Waals surface area contributed by atoms with Crippen LogP contribution in [-0.4, -0.2) is 16.5 Å². The normalized spacial score (nSPS) is 23.5. The molecular weight excluding hydrogens is 212 g/mol. The van der Waals surface area contributed by atoms with E-state index in [0.29, 0.717) is 18.6 Å². The molecule has 17 heavy (non-hydrogen) atoms. The van der Waals surface area contributed by atoms with E-state index in [9.17, 15) is 9.90 Å². The lowest BCUT2D eigenvalue weighted by Crippen LogP contribution is -2.32. The smallest absolute Gasteiger partial charge is 0.142 e. The van der Waals surface area contributed by atoms with Gasteiger partial charge in [-0.1, -0.05) is 17.2 Å². The number of rotatable bonds is 4. The van der Waals surface area contributed by atoms with Gasteiger partial charge in [-0.25, -0.2) is 0 Å². The molecule has 0 unspecified atom stereocenters. The Balaban J connectivity index is 2.87. The van der Waals surface area contributed by atoms with Crippen molar-refractivity contribution >= 4 is 5.78 Å². The van der Waals surface area contributed by atoms with Gasteiger partial charge in [-0.05, 0) is 47.0 Å². The Bertz CT molecular complexity index is 359. The largest absolute Gasteiger partial charge is 0.386 e. The summed E-state index contributed by atoms with van der Waals surface area (Å²) in [4.78, 5) is 11.9. The van der Waals surface area contributed by atoms with Crippen molar-refractivity contribution in [1.82, 2.24) is 0 Å². The van der Waals surface area contributed by atoms with Crippen LogP contribution in [0.2, 0.25) is 0 Å². The number of hydrogen-bond donors (Lipinski definition) is 1. The highest BCUT2D eigenvalue weighted by atomic mass is 16.3. The number of carbonyl (C=O) groups is 1. The number of allylic oxidation sites excluding steroid dienone is 2. The molecule has 2 nitrogen and oxygen atoms in total. The number of carbonyl (C=O) groups excluding carboxylic acids is 1. The highest BCUT2D eigenvalue weighted by Gasteiger charge is 2.36. The predicted octanol–water partition coefficient (Wildman–Crippen LogP) is 3.41. The topological polar surface area (TPSA) is 37.3 Å². The summed E-state index contributed by atoms with van der Waals surface area (Å²) in [5, 5.41) is 9.95. The van der Waals surface area contributed by atoms with E-state index < -0.39 is 5.60 Å². The van der Waals surface area contributed by atoms with E-state index in [-0.39, 0.29) is 5.41 Å². The third kappa shape index (κ3) is 3.06. The molecule has 2 heteroatoms. The van der Waals surface area contributed by atoms with Gasteiger partial charge in [0, 0.05) is 11.8 Å². The van der Waals surface area contributed by atoms with E-state index in [1.165, 1.54) is 11.1 Å². The van der Waals surface area contributed by atoms with Crippen LogP contribution in [-0.2, 0) is 4.79 Å². The zero-order chi connectivity index (χ0) is 13.3. The Hall–Kier alpha value is -0.890. The molecule has 0 saturated heterocycles. The third-order valence-electron chi connectivity index (χ3n) is 4.01. The molecule has 96 valence electrons. The second-order valence-electron chi connectivity index (χ2n) is 5.87. The van der Waals surface area contributed by atoms with Crippen molar-refractivity contribution in [2.75, 3.05) is 0 Å². The molecule has 0 aromatic carbocycles. The van der Waals surface area contributed by atoms with Crippen LogP contribution in [0.4, 0.5) is 0 Å². The fourth-order valence-electron chi connectivity index (χ4n) is 2.47. The average Bonchev–Trinajstić information content (AvgIpc) is 2.23. The molecular formula is C15H24O2. The van der Waals surface area contributed by atoms with Crippen molar-refractivity contribution in [3.8, 4) is 0 Å². The van der Waals surface area contributed by atoms with Crippen LogP contribution in [0.25, 0.3) is 0 Å². The fraction of sp³-hybridized carbons (Fsp3) is 0.667. The molecule has 1 N–H and O–H groups in total. The Morgan fingerprint density at radius 3 is 2.59 bits per heavy atom. The molecule has 0 saturated carbocycles. The number of hydrogen-bond acceptors (Lipinski definition) is 2. The molecule has 1 aliphatic carbocycles. The van der Waals surface area contributed by atoms with Crippen molar-refractivity contribution < 1.29 is 9.90 Å². The van der Waals surface area contributed by atoms with Crippen LogP contribution >= 0.6 is 0 Å². The standard InChI is InChI=1S/C15H24O2/c1-6-15(5,17)10-9-12-11(2)7-8-13(16)14(12,3)4/h6,17H,1,7-10H2,2-5H3/t15-/m1/s1. The average molecular weight is 236 g/mol. The minimum absolute atomic E-state index is 0.316. The highest BCUT2D eigenvalue weighted by Crippen LogP contribution is 2.40. The van der Waals surface area contributed by atoms with E-state index in [1.807, 2.05) is 13.8 Å².